The highest BCUT2D eigenvalue weighted by molar-refractivity contribution is 14.0. The Labute approximate surface area is 200 Å². The molecule has 4 rings (SSSR count). The van der Waals surface area contributed by atoms with Crippen LogP contribution in [0, 0.1) is 0 Å². The van der Waals surface area contributed by atoms with E-state index in [1.165, 1.54) is 0 Å². The average molecular weight is 538 g/mol. The van der Waals surface area contributed by atoms with Crippen LogP contribution in [-0.2, 0) is 16.1 Å². The lowest BCUT2D eigenvalue weighted by molar-refractivity contribution is -0.142. The van der Waals surface area contributed by atoms with Gasteiger partial charge in [-0.15, -0.1) is 24.0 Å². The Morgan fingerprint density at radius 1 is 1.23 bits per heavy atom. The van der Waals surface area contributed by atoms with Gasteiger partial charge < -0.3 is 24.4 Å². The van der Waals surface area contributed by atoms with Crippen molar-refractivity contribution in [2.75, 3.05) is 39.3 Å². The van der Waals surface area contributed by atoms with Gasteiger partial charge in [-0.1, -0.05) is 18.2 Å². The molecule has 0 bridgehead atoms. The van der Waals surface area contributed by atoms with Crippen molar-refractivity contribution in [3.63, 3.8) is 0 Å². The molecule has 1 N–H and O–H groups in total. The van der Waals surface area contributed by atoms with E-state index in [2.05, 4.69) is 34.3 Å². The maximum absolute atomic E-state index is 12.6. The van der Waals surface area contributed by atoms with Crippen molar-refractivity contribution in [2.24, 2.45) is 4.99 Å². The summed E-state index contributed by atoms with van der Waals surface area (Å²) in [5, 5.41) is 3.40. The smallest absolute Gasteiger partial charge is 0.251 e. The fourth-order valence-electron chi connectivity index (χ4n) is 4.00. The number of carbonyl (C=O) groups excluding carboxylic acids is 1. The second-order valence-corrected chi connectivity index (χ2v) is 7.58. The van der Waals surface area contributed by atoms with Crippen molar-refractivity contribution in [1.82, 2.24) is 24.7 Å². The van der Waals surface area contributed by atoms with Gasteiger partial charge in [-0.2, -0.15) is 0 Å². The lowest BCUT2D eigenvalue weighted by Gasteiger charge is -2.37. The third kappa shape index (κ3) is 5.76. The van der Waals surface area contributed by atoms with Crippen LogP contribution in [0.3, 0.4) is 0 Å². The van der Waals surface area contributed by atoms with Crippen molar-refractivity contribution in [2.45, 2.75) is 32.4 Å². The van der Waals surface area contributed by atoms with Crippen LogP contribution in [0.5, 0.6) is 0 Å². The normalized spacial score (nSPS) is 19.3. The molecule has 168 valence electrons. The molecule has 1 aromatic heterocycles. The Bertz CT molecular complexity index is 859. The Balaban J connectivity index is 0.00000272. The third-order valence-electron chi connectivity index (χ3n) is 5.60. The summed E-state index contributed by atoms with van der Waals surface area (Å²) in [6.45, 7) is 7.10. The highest BCUT2D eigenvalue weighted by atomic mass is 127. The number of halogens is 1. The molecule has 2 aliphatic heterocycles. The van der Waals surface area contributed by atoms with E-state index in [9.17, 15) is 4.79 Å². The van der Waals surface area contributed by atoms with Crippen molar-refractivity contribution in [3.8, 4) is 5.69 Å². The molecule has 1 atom stereocenters. The molecule has 31 heavy (non-hydrogen) atoms. The number of hydrogen-bond donors (Lipinski definition) is 1. The molecule has 2 fully saturated rings. The van der Waals surface area contributed by atoms with Gasteiger partial charge >= 0.3 is 0 Å². The number of carbonyl (C=O) groups is 1. The minimum Gasteiger partial charge on any atom is -0.368 e. The van der Waals surface area contributed by atoms with Gasteiger partial charge in [0.25, 0.3) is 5.91 Å². The predicted molar refractivity (Wildman–Crippen MR) is 131 cm³/mol. The zero-order chi connectivity index (χ0) is 20.8. The van der Waals surface area contributed by atoms with Gasteiger partial charge in [0.05, 0.1) is 18.6 Å². The maximum Gasteiger partial charge on any atom is 0.251 e. The molecule has 1 unspecified atom stereocenters. The molecule has 8 nitrogen and oxygen atoms in total. The number of amides is 1. The number of piperazine rings is 1. The first kappa shape index (κ1) is 23.5. The number of imidazole rings is 1. The zero-order valence-corrected chi connectivity index (χ0v) is 20.3. The van der Waals surface area contributed by atoms with E-state index in [0.29, 0.717) is 26.2 Å². The summed E-state index contributed by atoms with van der Waals surface area (Å²) < 4.78 is 7.57. The molecule has 2 aromatic rings. The number of ether oxygens (including phenoxy) is 1. The van der Waals surface area contributed by atoms with Crippen molar-refractivity contribution < 1.29 is 9.53 Å². The monoisotopic (exact) mass is 538 g/mol. The first-order valence-electron chi connectivity index (χ1n) is 10.8. The second-order valence-electron chi connectivity index (χ2n) is 7.58. The third-order valence-corrected chi connectivity index (χ3v) is 5.60. The fraction of sp³-hybridized carbons (Fsp3) is 0.500. The minimum atomic E-state index is -0.238. The molecule has 0 saturated carbocycles. The zero-order valence-electron chi connectivity index (χ0n) is 17.9. The summed E-state index contributed by atoms with van der Waals surface area (Å²) in [4.78, 5) is 25.8. The van der Waals surface area contributed by atoms with Gasteiger partial charge in [0.2, 0.25) is 0 Å². The molecule has 0 aliphatic carbocycles. The van der Waals surface area contributed by atoms with Crippen LogP contribution in [0.4, 0.5) is 0 Å². The summed E-state index contributed by atoms with van der Waals surface area (Å²) in [5.41, 5.74) is 2.22. The number of aliphatic imine (C=N–C) groups is 1. The van der Waals surface area contributed by atoms with Crippen LogP contribution in [0.1, 0.15) is 25.3 Å². The minimum absolute atomic E-state index is 0. The molecule has 9 heteroatoms. The number of para-hydroxylation sites is 1. The maximum atomic E-state index is 12.6. The molecule has 0 spiro atoms. The number of nitrogens with one attached hydrogen (secondary N) is 1. The molecule has 1 aromatic carbocycles. The number of rotatable bonds is 5. The van der Waals surface area contributed by atoms with Crippen molar-refractivity contribution in [3.05, 3.63) is 48.5 Å². The van der Waals surface area contributed by atoms with Crippen LogP contribution in [0.2, 0.25) is 0 Å². The van der Waals surface area contributed by atoms with E-state index in [-0.39, 0.29) is 36.0 Å². The van der Waals surface area contributed by atoms with E-state index in [0.717, 1.165) is 49.7 Å². The average Bonchev–Trinajstić information content (AvgIpc) is 3.51. The second kappa shape index (κ2) is 11.5. The summed E-state index contributed by atoms with van der Waals surface area (Å²) in [6.07, 6.45) is 7.11. The molecule has 0 radical (unpaired) electrons. The predicted octanol–water partition coefficient (Wildman–Crippen LogP) is 2.28. The number of benzene rings is 1. The van der Waals surface area contributed by atoms with Crippen molar-refractivity contribution >= 4 is 35.8 Å². The Morgan fingerprint density at radius 2 is 2.00 bits per heavy atom. The van der Waals surface area contributed by atoms with Crippen molar-refractivity contribution in [1.29, 1.82) is 0 Å². The van der Waals surface area contributed by atoms with Gasteiger partial charge in [-0.3, -0.25) is 4.79 Å². The molecular weight excluding hydrogens is 507 g/mol. The highest BCUT2D eigenvalue weighted by Gasteiger charge is 2.30. The summed E-state index contributed by atoms with van der Waals surface area (Å²) in [5.74, 6) is 1.03. The van der Waals surface area contributed by atoms with E-state index in [1.54, 1.807) is 12.5 Å². The standard InChI is InChI=1S/C22H30N6O2.HI/c1-2-24-22(25-16-18-6-3-4-7-19(18)28-10-9-23-17-28)27-13-11-26(12-14-27)21(29)20-8-5-15-30-20;/h3-4,6-7,9-10,17,20H,2,5,8,11-16H2,1H3,(H,24,25);1H. The molecule has 2 aliphatic rings. The largest absolute Gasteiger partial charge is 0.368 e. The summed E-state index contributed by atoms with van der Waals surface area (Å²) in [6, 6.07) is 8.24. The quantitative estimate of drug-likeness (QED) is 0.360. The Hall–Kier alpha value is -2.14. The number of aromatic nitrogens is 2. The number of hydrogen-bond acceptors (Lipinski definition) is 4. The Morgan fingerprint density at radius 3 is 2.68 bits per heavy atom. The lowest BCUT2D eigenvalue weighted by Crippen LogP contribution is -2.55. The van der Waals surface area contributed by atoms with Gasteiger partial charge in [0.1, 0.15) is 6.10 Å². The van der Waals surface area contributed by atoms with Crippen LogP contribution < -0.4 is 5.32 Å². The molecule has 1 amide bonds. The molecule has 3 heterocycles. The summed E-state index contributed by atoms with van der Waals surface area (Å²) in [7, 11) is 0. The van der Waals surface area contributed by atoms with Crippen LogP contribution in [0.25, 0.3) is 5.69 Å². The summed E-state index contributed by atoms with van der Waals surface area (Å²) >= 11 is 0. The van der Waals surface area contributed by atoms with Gasteiger partial charge in [0, 0.05) is 51.7 Å². The van der Waals surface area contributed by atoms with E-state index in [1.807, 2.05) is 27.8 Å². The van der Waals surface area contributed by atoms with Crippen LogP contribution >= 0.6 is 24.0 Å². The van der Waals surface area contributed by atoms with E-state index < -0.39 is 0 Å². The van der Waals surface area contributed by atoms with Gasteiger partial charge in [-0.25, -0.2) is 9.98 Å². The lowest BCUT2D eigenvalue weighted by atomic mass is 10.2. The first-order chi connectivity index (χ1) is 14.8. The Kier molecular flexibility index (Phi) is 8.70. The topological polar surface area (TPSA) is 75.0 Å². The SMILES string of the molecule is CCNC(=NCc1ccccc1-n1ccnc1)N1CCN(C(=O)C2CCCO2)CC1.I. The van der Waals surface area contributed by atoms with Crippen LogP contribution in [0.15, 0.2) is 48.0 Å². The number of guanidine groups is 1. The van der Waals surface area contributed by atoms with Gasteiger partial charge in [-0.05, 0) is 31.4 Å². The van der Waals surface area contributed by atoms with Crippen LogP contribution in [-0.4, -0.2) is 76.7 Å². The highest BCUT2D eigenvalue weighted by Crippen LogP contribution is 2.17. The first-order valence-corrected chi connectivity index (χ1v) is 10.8. The number of nitrogens with zero attached hydrogens (tertiary/aromatic N) is 5. The molecule has 2 saturated heterocycles. The fourth-order valence-corrected chi connectivity index (χ4v) is 4.00. The van der Waals surface area contributed by atoms with E-state index >= 15 is 0 Å². The van der Waals surface area contributed by atoms with Gasteiger partial charge in [0.15, 0.2) is 5.96 Å². The van der Waals surface area contributed by atoms with E-state index in [4.69, 9.17) is 9.73 Å². The molecular formula is C22H31IN6O2.